The predicted molar refractivity (Wildman–Crippen MR) is 144 cm³/mol. The van der Waals surface area contributed by atoms with E-state index in [1.165, 1.54) is 17.2 Å². The summed E-state index contributed by atoms with van der Waals surface area (Å²) in [5.41, 5.74) is 5.44. The molecule has 39 heavy (non-hydrogen) atoms. The SMILES string of the molecule is O=C(O)Nc1ccc(-c2[nH]c(C3CCCc4cc(-c5cc(Cl)ccc5-n5cnnn5)c[n+]([O-])c43)nc2Cl)cc1. The van der Waals surface area contributed by atoms with Crippen molar-refractivity contribution >= 4 is 35.0 Å². The minimum atomic E-state index is -1.14. The molecule has 196 valence electrons. The molecule has 1 atom stereocenters. The quantitative estimate of drug-likeness (QED) is 0.196. The second-order valence-corrected chi connectivity index (χ2v) is 9.92. The van der Waals surface area contributed by atoms with Crippen molar-refractivity contribution in [3.63, 3.8) is 0 Å². The average molecular weight is 563 g/mol. The first-order chi connectivity index (χ1) is 18.9. The minimum absolute atomic E-state index is 0.273. The zero-order valence-electron chi connectivity index (χ0n) is 20.2. The van der Waals surface area contributed by atoms with E-state index in [9.17, 15) is 10.0 Å². The number of nitrogens with one attached hydrogen (secondary N) is 2. The molecule has 5 aromatic rings. The molecule has 2 aromatic carbocycles. The molecule has 3 N–H and O–H groups in total. The van der Waals surface area contributed by atoms with Crippen LogP contribution in [0.25, 0.3) is 28.1 Å². The van der Waals surface area contributed by atoms with Crippen molar-refractivity contribution in [1.82, 2.24) is 30.2 Å². The zero-order chi connectivity index (χ0) is 27.1. The maximum Gasteiger partial charge on any atom is 0.409 e. The van der Waals surface area contributed by atoms with Gasteiger partial charge >= 0.3 is 6.09 Å². The number of fused-ring (bicyclic) bond motifs is 1. The van der Waals surface area contributed by atoms with Gasteiger partial charge in [0.25, 0.3) is 0 Å². The van der Waals surface area contributed by atoms with Crippen LogP contribution < -0.4 is 10.0 Å². The van der Waals surface area contributed by atoms with Gasteiger partial charge in [-0.3, -0.25) is 5.32 Å². The van der Waals surface area contributed by atoms with Crippen molar-refractivity contribution in [3.8, 4) is 28.1 Å². The molecule has 3 aromatic heterocycles. The summed E-state index contributed by atoms with van der Waals surface area (Å²) in [6, 6.07) is 14.1. The number of aryl methyl sites for hydroxylation is 1. The lowest BCUT2D eigenvalue weighted by molar-refractivity contribution is -0.615. The molecule has 0 radical (unpaired) electrons. The Balaban J connectivity index is 1.37. The molecule has 0 saturated carbocycles. The highest BCUT2D eigenvalue weighted by molar-refractivity contribution is 6.32. The standard InChI is InChI=1S/C26H20Cl2N8O3/c27-17-6-9-21(35-13-29-33-34-35)20(11-17)16-10-15-2-1-3-19(23(15)36(39)12-16)25-31-22(24(28)32-25)14-4-7-18(8-5-14)30-26(37)38/h4-13,19,30H,1-3H2,(H,31,32)(H,37,38). The first kappa shape index (κ1) is 24.8. The fourth-order valence-electron chi connectivity index (χ4n) is 5.04. The first-order valence-electron chi connectivity index (χ1n) is 12.0. The van der Waals surface area contributed by atoms with Crippen LogP contribution in [0.4, 0.5) is 10.5 Å². The maximum atomic E-state index is 13.5. The highest BCUT2D eigenvalue weighted by atomic mass is 35.5. The summed E-state index contributed by atoms with van der Waals surface area (Å²) in [6.07, 6.45) is 4.21. The average Bonchev–Trinajstić information content (AvgIpc) is 3.59. The molecule has 3 heterocycles. The van der Waals surface area contributed by atoms with Crippen molar-refractivity contribution in [2.75, 3.05) is 5.32 Å². The van der Waals surface area contributed by atoms with E-state index in [2.05, 4.69) is 30.8 Å². The summed E-state index contributed by atoms with van der Waals surface area (Å²) in [6.45, 7) is 0. The lowest BCUT2D eigenvalue weighted by Gasteiger charge is -2.23. The van der Waals surface area contributed by atoms with E-state index in [4.69, 9.17) is 28.3 Å². The van der Waals surface area contributed by atoms with Crippen molar-refractivity contribution in [2.45, 2.75) is 25.2 Å². The fraction of sp³-hybridized carbons (Fsp3) is 0.154. The van der Waals surface area contributed by atoms with Gasteiger partial charge in [0.2, 0.25) is 5.69 Å². The van der Waals surface area contributed by atoms with E-state index in [1.54, 1.807) is 36.4 Å². The molecule has 1 amide bonds. The number of pyridine rings is 1. The second-order valence-electron chi connectivity index (χ2n) is 9.12. The van der Waals surface area contributed by atoms with Crippen LogP contribution >= 0.6 is 23.2 Å². The van der Waals surface area contributed by atoms with Crippen LogP contribution in [0.15, 0.2) is 61.1 Å². The highest BCUT2D eigenvalue weighted by Gasteiger charge is 2.33. The third-order valence-electron chi connectivity index (χ3n) is 6.72. The van der Waals surface area contributed by atoms with Crippen LogP contribution in [0, 0.1) is 5.21 Å². The fourth-order valence-corrected chi connectivity index (χ4v) is 5.46. The Hall–Kier alpha value is -4.48. The summed E-state index contributed by atoms with van der Waals surface area (Å²) >= 11 is 12.8. The molecule has 1 unspecified atom stereocenters. The van der Waals surface area contributed by atoms with E-state index < -0.39 is 6.09 Å². The third kappa shape index (κ3) is 4.77. The van der Waals surface area contributed by atoms with Gasteiger partial charge in [0.05, 0.1) is 11.4 Å². The van der Waals surface area contributed by atoms with Gasteiger partial charge in [-0.1, -0.05) is 35.3 Å². The van der Waals surface area contributed by atoms with Crippen molar-refractivity contribution in [3.05, 3.63) is 93.5 Å². The Kier molecular flexibility index (Phi) is 6.37. The van der Waals surface area contributed by atoms with Gasteiger partial charge in [0.1, 0.15) is 18.1 Å². The number of hydrogen-bond donors (Lipinski definition) is 3. The molecule has 6 rings (SSSR count). The van der Waals surface area contributed by atoms with Crippen LogP contribution in [0.5, 0.6) is 0 Å². The predicted octanol–water partition coefficient (Wildman–Crippen LogP) is 5.22. The normalized spacial score (nSPS) is 14.7. The smallest absolute Gasteiger partial charge is 0.409 e. The molecule has 1 aliphatic carbocycles. The lowest BCUT2D eigenvalue weighted by Crippen LogP contribution is -2.37. The number of hydrogen-bond acceptors (Lipinski definition) is 6. The number of benzene rings is 2. The number of carboxylic acid groups (broad SMARTS) is 1. The van der Waals surface area contributed by atoms with Crippen LogP contribution in [-0.2, 0) is 6.42 Å². The van der Waals surface area contributed by atoms with Crippen molar-refractivity contribution < 1.29 is 14.6 Å². The summed E-state index contributed by atoms with van der Waals surface area (Å²) in [5, 5.41) is 37.0. The number of H-pyrrole nitrogens is 1. The van der Waals surface area contributed by atoms with Gasteiger partial charge < -0.3 is 15.3 Å². The summed E-state index contributed by atoms with van der Waals surface area (Å²) < 4.78 is 2.43. The van der Waals surface area contributed by atoms with Gasteiger partial charge in [0, 0.05) is 33.0 Å². The Morgan fingerprint density at radius 1 is 1.15 bits per heavy atom. The van der Waals surface area contributed by atoms with Crippen LogP contribution in [0.1, 0.15) is 35.8 Å². The Morgan fingerprint density at radius 3 is 2.72 bits per heavy atom. The first-order valence-corrected chi connectivity index (χ1v) is 12.8. The van der Waals surface area contributed by atoms with Gasteiger partial charge in [-0.25, -0.2) is 9.78 Å². The number of rotatable bonds is 5. The zero-order valence-corrected chi connectivity index (χ0v) is 21.7. The number of carbonyl (C=O) groups is 1. The molecule has 0 fully saturated rings. The monoisotopic (exact) mass is 562 g/mol. The van der Waals surface area contributed by atoms with E-state index in [0.29, 0.717) is 39.2 Å². The number of aromatic nitrogens is 7. The van der Waals surface area contributed by atoms with E-state index >= 15 is 0 Å². The number of imidazole rings is 1. The highest BCUT2D eigenvalue weighted by Crippen LogP contribution is 2.38. The van der Waals surface area contributed by atoms with E-state index in [0.717, 1.165) is 40.7 Å². The Bertz CT molecular complexity index is 1690. The molecule has 1 aliphatic rings. The van der Waals surface area contributed by atoms with E-state index in [1.807, 2.05) is 12.1 Å². The number of tetrazole rings is 1. The molecule has 0 spiro atoms. The maximum absolute atomic E-state index is 13.5. The topological polar surface area (TPSA) is 149 Å². The van der Waals surface area contributed by atoms with Crippen molar-refractivity contribution in [1.29, 1.82) is 0 Å². The number of halogens is 2. The number of anilines is 1. The van der Waals surface area contributed by atoms with Crippen LogP contribution in [0.2, 0.25) is 10.2 Å². The van der Waals surface area contributed by atoms with Gasteiger partial charge in [-0.05, 0) is 66.1 Å². The molecule has 13 heteroatoms. The number of nitrogens with zero attached hydrogens (tertiary/aromatic N) is 6. The second kappa shape index (κ2) is 10.0. The van der Waals surface area contributed by atoms with Gasteiger partial charge in [-0.15, -0.1) is 5.10 Å². The Morgan fingerprint density at radius 2 is 1.97 bits per heavy atom. The molecule has 0 saturated heterocycles. The van der Waals surface area contributed by atoms with Crippen LogP contribution in [0.3, 0.4) is 0 Å². The summed E-state index contributed by atoms with van der Waals surface area (Å²) in [4.78, 5) is 18.7. The summed E-state index contributed by atoms with van der Waals surface area (Å²) in [7, 11) is 0. The van der Waals surface area contributed by atoms with Crippen molar-refractivity contribution in [2.24, 2.45) is 0 Å². The minimum Gasteiger partial charge on any atom is -0.618 e. The van der Waals surface area contributed by atoms with E-state index in [-0.39, 0.29) is 11.1 Å². The molecule has 11 nitrogen and oxygen atoms in total. The molecular formula is C26H20Cl2N8O3. The number of aromatic amines is 1. The summed E-state index contributed by atoms with van der Waals surface area (Å²) in [5.74, 6) is 0.316. The van der Waals surface area contributed by atoms with Crippen LogP contribution in [-0.4, -0.2) is 41.4 Å². The molecule has 0 aliphatic heterocycles. The third-order valence-corrected chi connectivity index (χ3v) is 7.23. The lowest BCUT2D eigenvalue weighted by atomic mass is 9.85. The van der Waals surface area contributed by atoms with Gasteiger partial charge in [0.15, 0.2) is 11.3 Å². The molecular weight excluding hydrogens is 543 g/mol. The molecule has 0 bridgehead atoms. The van der Waals surface area contributed by atoms with Gasteiger partial charge in [-0.2, -0.15) is 9.41 Å². The Labute approximate surface area is 231 Å². The number of amides is 1. The largest absolute Gasteiger partial charge is 0.618 e.